The summed E-state index contributed by atoms with van der Waals surface area (Å²) >= 11 is 0. The van der Waals surface area contributed by atoms with Gasteiger partial charge in [-0.3, -0.25) is 0 Å². The second-order valence-electron chi connectivity index (χ2n) is 6.55. The Labute approximate surface area is 164 Å². The van der Waals surface area contributed by atoms with Gasteiger partial charge in [-0.2, -0.15) is 18.4 Å². The molecule has 0 bridgehead atoms. The molecule has 0 aromatic heterocycles. The molecule has 1 aliphatic rings. The molecule has 1 heterocycles. The van der Waals surface area contributed by atoms with Gasteiger partial charge in [0.25, 0.3) is 0 Å². The monoisotopic (exact) mass is 396 g/mol. The lowest BCUT2D eigenvalue weighted by molar-refractivity contribution is -0.198. The fraction of sp³-hybridized carbons (Fsp3) is 0.136. The predicted octanol–water partition coefficient (Wildman–Crippen LogP) is 5.48. The summed E-state index contributed by atoms with van der Waals surface area (Å²) in [4.78, 5) is 0. The Morgan fingerprint density at radius 2 is 1.76 bits per heavy atom. The van der Waals surface area contributed by atoms with Crippen LogP contribution < -0.4 is 15.2 Å². The molecule has 0 aliphatic carbocycles. The van der Waals surface area contributed by atoms with Crippen LogP contribution in [0.1, 0.15) is 17.2 Å². The summed E-state index contributed by atoms with van der Waals surface area (Å²) in [7, 11) is 1.47. The normalized spacial score (nSPS) is 14.9. The maximum absolute atomic E-state index is 13.8. The molecule has 1 unspecified atom stereocenters. The molecule has 4 rings (SSSR count). The molecule has 0 radical (unpaired) electrons. The summed E-state index contributed by atoms with van der Waals surface area (Å²) in [5, 5.41) is 9.66. The van der Waals surface area contributed by atoms with Gasteiger partial charge in [0.15, 0.2) is 0 Å². The van der Waals surface area contributed by atoms with Gasteiger partial charge in [0.2, 0.25) is 6.10 Å². The molecule has 29 heavy (non-hydrogen) atoms. The highest BCUT2D eigenvalue weighted by atomic mass is 19.4. The van der Waals surface area contributed by atoms with Crippen LogP contribution in [0.25, 0.3) is 22.3 Å². The number of nitrogens with two attached hydrogens (primary N) is 1. The van der Waals surface area contributed by atoms with Crippen LogP contribution in [0.4, 0.5) is 18.9 Å². The van der Waals surface area contributed by atoms with Gasteiger partial charge in [0.05, 0.1) is 18.4 Å². The first kappa shape index (κ1) is 18.7. The van der Waals surface area contributed by atoms with E-state index in [1.807, 2.05) is 12.1 Å². The van der Waals surface area contributed by atoms with E-state index in [2.05, 4.69) is 0 Å². The molecule has 4 nitrogen and oxygen atoms in total. The van der Waals surface area contributed by atoms with E-state index in [1.54, 1.807) is 36.4 Å². The molecular formula is C22H15F3N2O2. The fourth-order valence-corrected chi connectivity index (χ4v) is 3.56. The Kier molecular flexibility index (Phi) is 4.35. The molecule has 2 N–H and O–H groups in total. The third kappa shape index (κ3) is 3.03. The third-order valence-electron chi connectivity index (χ3n) is 4.89. The molecule has 146 valence electrons. The molecule has 1 aliphatic heterocycles. The predicted molar refractivity (Wildman–Crippen MR) is 102 cm³/mol. The van der Waals surface area contributed by atoms with Crippen LogP contribution in [-0.4, -0.2) is 13.3 Å². The number of nitriles is 1. The zero-order valence-electron chi connectivity index (χ0n) is 15.2. The number of nitrogens with zero attached hydrogens (tertiary/aromatic N) is 1. The minimum Gasteiger partial charge on any atom is -0.497 e. The van der Waals surface area contributed by atoms with Crippen LogP contribution in [0, 0.1) is 11.3 Å². The van der Waals surface area contributed by atoms with Crippen LogP contribution in [0.3, 0.4) is 0 Å². The smallest absolute Gasteiger partial charge is 0.429 e. The Morgan fingerprint density at radius 1 is 1.03 bits per heavy atom. The van der Waals surface area contributed by atoms with E-state index in [0.717, 1.165) is 0 Å². The van der Waals surface area contributed by atoms with Crippen molar-refractivity contribution in [3.63, 3.8) is 0 Å². The Bertz CT molecular complexity index is 1140. The van der Waals surface area contributed by atoms with Gasteiger partial charge in [0, 0.05) is 16.7 Å². The largest absolute Gasteiger partial charge is 0.497 e. The zero-order valence-corrected chi connectivity index (χ0v) is 15.2. The second kappa shape index (κ2) is 6.74. The number of hydrogen-bond donors (Lipinski definition) is 1. The van der Waals surface area contributed by atoms with Crippen molar-refractivity contribution < 1.29 is 22.6 Å². The van der Waals surface area contributed by atoms with Crippen molar-refractivity contribution in [2.75, 3.05) is 12.8 Å². The molecule has 1 atom stereocenters. The number of ether oxygens (including phenoxy) is 2. The zero-order chi connectivity index (χ0) is 20.8. The van der Waals surface area contributed by atoms with Crippen molar-refractivity contribution in [2.45, 2.75) is 12.3 Å². The number of methoxy groups -OCH3 is 1. The number of halogens is 3. The Hall–Kier alpha value is -3.66. The number of rotatable bonds is 2. The number of benzene rings is 3. The average Bonchev–Trinajstić information content (AvgIpc) is 2.72. The summed E-state index contributed by atoms with van der Waals surface area (Å²) in [5.74, 6) is 0.539. The molecule has 0 spiro atoms. The van der Waals surface area contributed by atoms with Crippen LogP contribution in [-0.2, 0) is 0 Å². The summed E-state index contributed by atoms with van der Waals surface area (Å²) in [6, 6.07) is 17.0. The van der Waals surface area contributed by atoms with Crippen LogP contribution in [0.2, 0.25) is 0 Å². The van der Waals surface area contributed by atoms with Crippen LogP contribution in [0.15, 0.2) is 54.6 Å². The van der Waals surface area contributed by atoms with Crippen LogP contribution in [0.5, 0.6) is 11.5 Å². The van der Waals surface area contributed by atoms with E-state index >= 15 is 0 Å². The lowest BCUT2D eigenvalue weighted by Gasteiger charge is -2.32. The highest BCUT2D eigenvalue weighted by Crippen LogP contribution is 2.53. The summed E-state index contributed by atoms with van der Waals surface area (Å²) < 4.78 is 51.9. The molecule has 0 saturated heterocycles. The molecule has 0 fully saturated rings. The first-order chi connectivity index (χ1) is 13.8. The van der Waals surface area contributed by atoms with Crippen molar-refractivity contribution in [1.82, 2.24) is 0 Å². The average molecular weight is 396 g/mol. The van der Waals surface area contributed by atoms with Gasteiger partial charge in [0.1, 0.15) is 17.6 Å². The molecule has 0 saturated carbocycles. The minimum absolute atomic E-state index is 0.0147. The number of nitrogen functional groups attached to an aromatic ring is 1. The number of fused-ring (bicyclic) bond motifs is 3. The van der Waals surface area contributed by atoms with Crippen molar-refractivity contribution in [1.29, 1.82) is 5.26 Å². The number of hydrogen-bond acceptors (Lipinski definition) is 4. The summed E-state index contributed by atoms with van der Waals surface area (Å²) in [5.41, 5.74) is 7.46. The summed E-state index contributed by atoms with van der Waals surface area (Å²) in [6.07, 6.45) is -6.98. The fourth-order valence-electron chi connectivity index (χ4n) is 3.56. The van der Waals surface area contributed by atoms with E-state index in [9.17, 15) is 18.4 Å². The highest BCUT2D eigenvalue weighted by Gasteiger charge is 2.48. The highest BCUT2D eigenvalue weighted by molar-refractivity contribution is 5.90. The molecular weight excluding hydrogens is 381 g/mol. The van der Waals surface area contributed by atoms with Crippen molar-refractivity contribution >= 4 is 5.69 Å². The first-order valence-electron chi connectivity index (χ1n) is 8.68. The van der Waals surface area contributed by atoms with E-state index in [1.165, 1.54) is 19.2 Å². The van der Waals surface area contributed by atoms with Gasteiger partial charge < -0.3 is 15.2 Å². The quantitative estimate of drug-likeness (QED) is 0.583. The maximum atomic E-state index is 13.8. The lowest BCUT2D eigenvalue weighted by Crippen LogP contribution is -2.30. The third-order valence-corrected chi connectivity index (χ3v) is 4.89. The minimum atomic E-state index is -4.71. The lowest BCUT2D eigenvalue weighted by atomic mass is 9.85. The van der Waals surface area contributed by atoms with Gasteiger partial charge in [-0.1, -0.05) is 30.3 Å². The number of alkyl halides is 3. The topological polar surface area (TPSA) is 68.3 Å². The van der Waals surface area contributed by atoms with E-state index < -0.39 is 12.3 Å². The molecule has 3 aromatic rings. The van der Waals surface area contributed by atoms with Gasteiger partial charge in [-0.05, 0) is 35.4 Å². The Morgan fingerprint density at radius 3 is 2.38 bits per heavy atom. The molecule has 3 aromatic carbocycles. The second-order valence-corrected chi connectivity index (χ2v) is 6.55. The van der Waals surface area contributed by atoms with Crippen LogP contribution >= 0.6 is 0 Å². The first-order valence-corrected chi connectivity index (χ1v) is 8.68. The summed E-state index contributed by atoms with van der Waals surface area (Å²) in [6.45, 7) is 0. The van der Waals surface area contributed by atoms with Crippen molar-refractivity contribution in [3.8, 4) is 39.8 Å². The van der Waals surface area contributed by atoms with Crippen molar-refractivity contribution in [3.05, 3.63) is 65.7 Å². The van der Waals surface area contributed by atoms with E-state index in [-0.39, 0.29) is 28.1 Å². The maximum Gasteiger partial charge on any atom is 0.429 e. The van der Waals surface area contributed by atoms with Crippen molar-refractivity contribution in [2.24, 2.45) is 0 Å². The molecule has 7 heteroatoms. The number of anilines is 1. The Balaban J connectivity index is 2.09. The van der Waals surface area contributed by atoms with Gasteiger partial charge in [-0.25, -0.2) is 0 Å². The van der Waals surface area contributed by atoms with E-state index in [0.29, 0.717) is 22.4 Å². The van der Waals surface area contributed by atoms with Gasteiger partial charge in [-0.15, -0.1) is 0 Å². The van der Waals surface area contributed by atoms with Gasteiger partial charge >= 0.3 is 6.18 Å². The molecule has 0 amide bonds. The van der Waals surface area contributed by atoms with E-state index in [4.69, 9.17) is 15.2 Å². The standard InChI is InChI=1S/C22H15F3N2O2/c1-28-13-7-8-18-15(9-13)16-10-14(12-5-3-2-4-6-12)17(11-26)20(27)19(16)21(29-18)22(23,24)25/h2-10,21H,27H2,1H3. The SMILES string of the molecule is COc1ccc2c(c1)-c1cc(-c3ccccc3)c(C#N)c(N)c1C(C(F)(F)F)O2.